The van der Waals surface area contributed by atoms with Crippen molar-refractivity contribution in [2.75, 3.05) is 19.6 Å². The molecule has 96 valence electrons. The molecule has 1 rings (SSSR count). The summed E-state index contributed by atoms with van der Waals surface area (Å²) >= 11 is 0. The zero-order valence-corrected chi connectivity index (χ0v) is 10.9. The number of hydrogen-bond donors (Lipinski definition) is 3. The number of amides is 1. The Morgan fingerprint density at radius 3 is 2.59 bits per heavy atom. The Morgan fingerprint density at radius 1 is 1.35 bits per heavy atom. The Labute approximate surface area is 102 Å². The van der Waals surface area contributed by atoms with Crippen molar-refractivity contribution in [2.45, 2.75) is 33.1 Å². The molecule has 1 aromatic rings. The highest BCUT2D eigenvalue weighted by atomic mass is 16.2. The summed E-state index contributed by atoms with van der Waals surface area (Å²) in [6, 6.07) is 0. The van der Waals surface area contributed by atoms with Crippen LogP contribution in [0.3, 0.4) is 0 Å². The van der Waals surface area contributed by atoms with Crippen LogP contribution in [0.4, 0.5) is 0 Å². The Balaban J connectivity index is 2.50. The van der Waals surface area contributed by atoms with E-state index in [1.807, 2.05) is 27.7 Å². The zero-order valence-electron chi connectivity index (χ0n) is 10.9. The Bertz CT molecular complexity index is 366. The number of hydrogen-bond acceptors (Lipinski definition) is 4. The van der Waals surface area contributed by atoms with E-state index in [1.54, 1.807) is 0 Å². The molecule has 0 radical (unpaired) electrons. The second-order valence-electron chi connectivity index (χ2n) is 4.87. The number of aromatic amines is 1. The van der Waals surface area contributed by atoms with Gasteiger partial charge in [0, 0.05) is 18.5 Å². The van der Waals surface area contributed by atoms with Crippen LogP contribution in [-0.2, 0) is 5.41 Å². The molecule has 0 spiro atoms. The quantitative estimate of drug-likeness (QED) is 0.651. The van der Waals surface area contributed by atoms with Gasteiger partial charge in [-0.2, -0.15) is 0 Å². The van der Waals surface area contributed by atoms with Gasteiger partial charge >= 0.3 is 0 Å². The van der Waals surface area contributed by atoms with Gasteiger partial charge in [-0.15, -0.1) is 5.10 Å². The first-order valence-electron chi connectivity index (χ1n) is 5.87. The molecule has 0 atom stereocenters. The molecule has 0 aromatic carbocycles. The summed E-state index contributed by atoms with van der Waals surface area (Å²) in [5.74, 6) is 0.676. The smallest absolute Gasteiger partial charge is 0.291 e. The lowest BCUT2D eigenvalue weighted by Gasteiger charge is -2.12. The molecule has 0 aliphatic carbocycles. The lowest BCUT2D eigenvalue weighted by Crippen LogP contribution is -2.32. The lowest BCUT2D eigenvalue weighted by atomic mass is 9.96. The van der Waals surface area contributed by atoms with Crippen LogP contribution in [0.25, 0.3) is 0 Å². The minimum Gasteiger partial charge on any atom is -0.348 e. The molecule has 0 bridgehead atoms. The van der Waals surface area contributed by atoms with Crippen LogP contribution in [0.2, 0.25) is 0 Å². The van der Waals surface area contributed by atoms with Crippen molar-refractivity contribution in [2.24, 2.45) is 0 Å². The summed E-state index contributed by atoms with van der Waals surface area (Å²) in [7, 11) is 0. The molecule has 1 amide bonds. The molecule has 0 fully saturated rings. The summed E-state index contributed by atoms with van der Waals surface area (Å²) in [6.07, 6.45) is 0. The van der Waals surface area contributed by atoms with Gasteiger partial charge in [0.05, 0.1) is 0 Å². The fraction of sp³-hybridized carbons (Fsp3) is 0.727. The predicted octanol–water partition coefficient (Wildman–Crippen LogP) is 0.441. The minimum atomic E-state index is -0.241. The highest BCUT2D eigenvalue weighted by Crippen LogP contribution is 2.17. The lowest BCUT2D eigenvalue weighted by molar-refractivity contribution is 0.0944. The largest absolute Gasteiger partial charge is 0.348 e. The molecular weight excluding hydrogens is 218 g/mol. The monoisotopic (exact) mass is 239 g/mol. The van der Waals surface area contributed by atoms with Gasteiger partial charge < -0.3 is 10.6 Å². The average molecular weight is 239 g/mol. The molecule has 1 aromatic heterocycles. The standard InChI is InChI=1S/C11H21N5O/c1-5-12-6-7-13-9(17)8-14-10(16-15-8)11(2,3)4/h12H,5-7H2,1-4H3,(H,13,17)(H,14,15,16). The third-order valence-corrected chi connectivity index (χ3v) is 2.24. The van der Waals surface area contributed by atoms with Crippen molar-refractivity contribution >= 4 is 5.91 Å². The SMILES string of the molecule is CCNCCNC(=O)c1n[nH]c(C(C)(C)C)n1. The summed E-state index contributed by atoms with van der Waals surface area (Å²) in [5, 5.41) is 12.6. The maximum atomic E-state index is 11.7. The van der Waals surface area contributed by atoms with Crippen molar-refractivity contribution in [3.05, 3.63) is 11.6 Å². The van der Waals surface area contributed by atoms with E-state index in [1.165, 1.54) is 0 Å². The van der Waals surface area contributed by atoms with Crippen molar-refractivity contribution < 1.29 is 4.79 Å². The van der Waals surface area contributed by atoms with Crippen LogP contribution < -0.4 is 10.6 Å². The van der Waals surface area contributed by atoms with Crippen LogP contribution in [0, 0.1) is 0 Å². The molecule has 3 N–H and O–H groups in total. The second-order valence-corrected chi connectivity index (χ2v) is 4.87. The van der Waals surface area contributed by atoms with E-state index in [0.717, 1.165) is 13.1 Å². The number of likely N-dealkylation sites (N-methyl/N-ethyl adjacent to an activating group) is 1. The number of rotatable bonds is 5. The van der Waals surface area contributed by atoms with Crippen molar-refractivity contribution in [1.82, 2.24) is 25.8 Å². The maximum absolute atomic E-state index is 11.7. The Morgan fingerprint density at radius 2 is 2.06 bits per heavy atom. The van der Waals surface area contributed by atoms with Gasteiger partial charge in [-0.05, 0) is 6.54 Å². The van der Waals surface area contributed by atoms with Gasteiger partial charge in [-0.3, -0.25) is 9.89 Å². The molecule has 1 heterocycles. The first-order chi connectivity index (χ1) is 7.95. The summed E-state index contributed by atoms with van der Waals surface area (Å²) in [5.41, 5.74) is -0.130. The van der Waals surface area contributed by atoms with E-state index in [2.05, 4.69) is 25.8 Å². The molecule has 0 saturated carbocycles. The van der Waals surface area contributed by atoms with Crippen molar-refractivity contribution in [3.63, 3.8) is 0 Å². The molecule has 0 aliphatic rings. The van der Waals surface area contributed by atoms with Crippen molar-refractivity contribution in [1.29, 1.82) is 0 Å². The first kappa shape index (κ1) is 13.6. The molecule has 0 aliphatic heterocycles. The van der Waals surface area contributed by atoms with Crippen LogP contribution in [0.1, 0.15) is 44.1 Å². The van der Waals surface area contributed by atoms with Crippen LogP contribution in [0.5, 0.6) is 0 Å². The number of nitrogens with one attached hydrogen (secondary N) is 3. The summed E-state index contributed by atoms with van der Waals surface area (Å²) in [4.78, 5) is 15.8. The maximum Gasteiger partial charge on any atom is 0.291 e. The zero-order chi connectivity index (χ0) is 12.9. The molecule has 17 heavy (non-hydrogen) atoms. The topological polar surface area (TPSA) is 82.7 Å². The molecule has 6 heteroatoms. The van der Waals surface area contributed by atoms with E-state index < -0.39 is 0 Å². The van der Waals surface area contributed by atoms with Gasteiger partial charge in [-0.1, -0.05) is 27.7 Å². The van der Waals surface area contributed by atoms with Gasteiger partial charge in [-0.25, -0.2) is 4.98 Å². The minimum absolute atomic E-state index is 0.130. The first-order valence-corrected chi connectivity index (χ1v) is 5.87. The van der Waals surface area contributed by atoms with Crippen LogP contribution >= 0.6 is 0 Å². The second kappa shape index (κ2) is 5.77. The third-order valence-electron chi connectivity index (χ3n) is 2.24. The average Bonchev–Trinajstić information content (AvgIpc) is 2.72. The van der Waals surface area contributed by atoms with Gasteiger partial charge in [0.2, 0.25) is 5.82 Å². The van der Waals surface area contributed by atoms with E-state index >= 15 is 0 Å². The van der Waals surface area contributed by atoms with Crippen LogP contribution in [-0.4, -0.2) is 40.7 Å². The molecule has 0 unspecified atom stereocenters. The van der Waals surface area contributed by atoms with E-state index in [0.29, 0.717) is 12.4 Å². The van der Waals surface area contributed by atoms with E-state index in [9.17, 15) is 4.79 Å². The molecule has 0 saturated heterocycles. The number of carbonyl (C=O) groups is 1. The molecular formula is C11H21N5O. The predicted molar refractivity (Wildman–Crippen MR) is 66.0 cm³/mol. The van der Waals surface area contributed by atoms with E-state index in [-0.39, 0.29) is 17.1 Å². The van der Waals surface area contributed by atoms with Gasteiger partial charge in [0.1, 0.15) is 5.82 Å². The number of nitrogens with zero attached hydrogens (tertiary/aromatic N) is 2. The normalized spacial score (nSPS) is 11.5. The fourth-order valence-electron chi connectivity index (χ4n) is 1.22. The van der Waals surface area contributed by atoms with Gasteiger partial charge in [0.25, 0.3) is 5.91 Å². The van der Waals surface area contributed by atoms with Crippen molar-refractivity contribution in [3.8, 4) is 0 Å². The highest BCUT2D eigenvalue weighted by Gasteiger charge is 2.20. The number of carbonyl (C=O) groups excluding carboxylic acids is 1. The summed E-state index contributed by atoms with van der Waals surface area (Å²) in [6.45, 7) is 10.3. The molecule has 6 nitrogen and oxygen atoms in total. The van der Waals surface area contributed by atoms with E-state index in [4.69, 9.17) is 0 Å². The van der Waals surface area contributed by atoms with Crippen LogP contribution in [0.15, 0.2) is 0 Å². The fourth-order valence-corrected chi connectivity index (χ4v) is 1.22. The third kappa shape index (κ3) is 4.14. The summed E-state index contributed by atoms with van der Waals surface area (Å²) < 4.78 is 0. The Hall–Kier alpha value is -1.43. The Kier molecular flexibility index (Phi) is 4.62. The highest BCUT2D eigenvalue weighted by molar-refractivity contribution is 5.90. The number of H-pyrrole nitrogens is 1. The van der Waals surface area contributed by atoms with Gasteiger partial charge in [0.15, 0.2) is 0 Å². The number of aromatic nitrogens is 3.